The molecule has 0 aliphatic rings. The summed E-state index contributed by atoms with van der Waals surface area (Å²) in [7, 11) is 2.18. The van der Waals surface area contributed by atoms with Crippen LogP contribution in [0.5, 0.6) is 0 Å². The first-order valence-electron chi connectivity index (χ1n) is 7.07. The summed E-state index contributed by atoms with van der Waals surface area (Å²) in [5.74, 6) is 0. The van der Waals surface area contributed by atoms with Gasteiger partial charge in [0, 0.05) is 17.1 Å². The van der Waals surface area contributed by atoms with Gasteiger partial charge in [-0.1, -0.05) is 15.9 Å². The first-order chi connectivity index (χ1) is 9.49. The Hall–Kier alpha value is -0.650. The molecule has 0 aliphatic carbocycles. The number of nitrogens with zero attached hydrogens (tertiary/aromatic N) is 2. The number of aryl methyl sites for hydroxylation is 1. The summed E-state index contributed by atoms with van der Waals surface area (Å²) in [6, 6.07) is 6.84. The van der Waals surface area contributed by atoms with Gasteiger partial charge in [0.15, 0.2) is 4.77 Å². The summed E-state index contributed by atoms with van der Waals surface area (Å²) in [4.78, 5) is 5.65. The van der Waals surface area contributed by atoms with Crippen LogP contribution in [0.15, 0.2) is 22.7 Å². The molecule has 0 unspecified atom stereocenters. The summed E-state index contributed by atoms with van der Waals surface area (Å²) in [6.07, 6.45) is 2.34. The number of imidazole rings is 1. The Bertz CT molecular complexity index is 630. The van der Waals surface area contributed by atoms with Crippen molar-refractivity contribution in [3.63, 3.8) is 0 Å². The molecule has 1 aromatic carbocycles. The minimum absolute atomic E-state index is 0.612. The van der Waals surface area contributed by atoms with E-state index in [4.69, 9.17) is 12.2 Å². The molecule has 1 heterocycles. The predicted molar refractivity (Wildman–Crippen MR) is 91.8 cm³/mol. The number of aromatic amines is 1. The molecule has 3 nitrogen and oxygen atoms in total. The molecule has 0 spiro atoms. The highest BCUT2D eigenvalue weighted by molar-refractivity contribution is 9.10. The molecule has 0 saturated carbocycles. The van der Waals surface area contributed by atoms with Crippen molar-refractivity contribution < 1.29 is 0 Å². The Morgan fingerprint density at radius 1 is 1.35 bits per heavy atom. The molecule has 0 fully saturated rings. The highest BCUT2D eigenvalue weighted by atomic mass is 79.9. The molecule has 0 bridgehead atoms. The lowest BCUT2D eigenvalue weighted by Crippen LogP contribution is -2.27. The molecule has 1 aromatic heterocycles. The third-order valence-corrected chi connectivity index (χ3v) is 4.58. The summed E-state index contributed by atoms with van der Waals surface area (Å²) >= 11 is 8.95. The van der Waals surface area contributed by atoms with Crippen LogP contribution in [0.1, 0.15) is 26.7 Å². The molecule has 0 radical (unpaired) electrons. The minimum Gasteiger partial charge on any atom is -0.331 e. The van der Waals surface area contributed by atoms with Crippen LogP contribution in [0.3, 0.4) is 0 Å². The van der Waals surface area contributed by atoms with Gasteiger partial charge < -0.3 is 14.5 Å². The molecule has 2 rings (SSSR count). The first-order valence-corrected chi connectivity index (χ1v) is 8.27. The molecule has 20 heavy (non-hydrogen) atoms. The fraction of sp³-hybridized carbons (Fsp3) is 0.533. The Labute approximate surface area is 134 Å². The van der Waals surface area contributed by atoms with Crippen molar-refractivity contribution in [3.05, 3.63) is 27.4 Å². The number of benzene rings is 1. The first kappa shape index (κ1) is 15.7. The molecular formula is C15H22BrN3S. The minimum atomic E-state index is 0.612. The van der Waals surface area contributed by atoms with Gasteiger partial charge >= 0.3 is 0 Å². The van der Waals surface area contributed by atoms with E-state index in [1.54, 1.807) is 0 Å². The smallest absolute Gasteiger partial charge is 0.178 e. The number of halogens is 1. The number of hydrogen-bond donors (Lipinski definition) is 1. The van der Waals surface area contributed by atoms with Gasteiger partial charge in [0.1, 0.15) is 0 Å². The normalized spacial score (nSPS) is 11.9. The van der Waals surface area contributed by atoms with Crippen LogP contribution in [-0.2, 0) is 6.54 Å². The molecule has 0 amide bonds. The molecule has 5 heteroatoms. The summed E-state index contributed by atoms with van der Waals surface area (Å²) in [6.45, 7) is 6.57. The fourth-order valence-corrected chi connectivity index (χ4v) is 2.89. The van der Waals surface area contributed by atoms with Gasteiger partial charge in [0.25, 0.3) is 0 Å². The van der Waals surface area contributed by atoms with Crippen LogP contribution in [0.2, 0.25) is 0 Å². The standard InChI is InChI=1S/C15H22BrN3S/c1-11(2)18(3)8-4-5-9-19-14-10-12(16)6-7-13(14)17-15(19)20/h6-7,10-11H,4-5,8-9H2,1-3H3,(H,17,20). The molecular weight excluding hydrogens is 334 g/mol. The van der Waals surface area contributed by atoms with E-state index in [1.165, 1.54) is 11.9 Å². The molecule has 0 atom stereocenters. The summed E-state index contributed by atoms with van der Waals surface area (Å²) < 4.78 is 4.10. The maximum Gasteiger partial charge on any atom is 0.178 e. The van der Waals surface area contributed by atoms with Crippen LogP contribution < -0.4 is 0 Å². The second-order valence-corrected chi connectivity index (χ2v) is 6.83. The Morgan fingerprint density at radius 2 is 2.10 bits per heavy atom. The van der Waals surface area contributed by atoms with Crippen molar-refractivity contribution in [2.24, 2.45) is 0 Å². The lowest BCUT2D eigenvalue weighted by Gasteiger charge is -2.20. The van der Waals surface area contributed by atoms with Gasteiger partial charge in [0.2, 0.25) is 0 Å². The molecule has 0 saturated heterocycles. The largest absolute Gasteiger partial charge is 0.331 e. The fourth-order valence-electron chi connectivity index (χ4n) is 2.24. The quantitative estimate of drug-likeness (QED) is 0.605. The molecule has 2 aromatic rings. The van der Waals surface area contributed by atoms with Crippen molar-refractivity contribution in [3.8, 4) is 0 Å². The Balaban J connectivity index is 2.01. The third-order valence-electron chi connectivity index (χ3n) is 3.76. The van der Waals surface area contributed by atoms with Gasteiger partial charge in [-0.15, -0.1) is 0 Å². The van der Waals surface area contributed by atoms with Crippen LogP contribution in [-0.4, -0.2) is 34.1 Å². The van der Waals surface area contributed by atoms with Crippen molar-refractivity contribution >= 4 is 39.2 Å². The predicted octanol–water partition coefficient (Wildman–Crippen LogP) is 4.58. The number of hydrogen-bond acceptors (Lipinski definition) is 2. The van der Waals surface area contributed by atoms with E-state index in [9.17, 15) is 0 Å². The van der Waals surface area contributed by atoms with Gasteiger partial charge in [0.05, 0.1) is 11.0 Å². The average Bonchev–Trinajstić information content (AvgIpc) is 2.70. The lowest BCUT2D eigenvalue weighted by atomic mass is 10.2. The zero-order valence-corrected chi connectivity index (χ0v) is 14.7. The highest BCUT2D eigenvalue weighted by Crippen LogP contribution is 2.20. The number of aromatic nitrogens is 2. The van der Waals surface area contributed by atoms with Crippen molar-refractivity contribution in [2.75, 3.05) is 13.6 Å². The second-order valence-electron chi connectivity index (χ2n) is 5.52. The van der Waals surface area contributed by atoms with Crippen molar-refractivity contribution in [2.45, 2.75) is 39.3 Å². The number of fused-ring (bicyclic) bond motifs is 1. The van der Waals surface area contributed by atoms with E-state index in [1.807, 2.05) is 6.07 Å². The van der Waals surface area contributed by atoms with Gasteiger partial charge in [-0.05, 0) is 70.7 Å². The molecule has 1 N–H and O–H groups in total. The van der Waals surface area contributed by atoms with E-state index in [0.29, 0.717) is 6.04 Å². The van der Waals surface area contributed by atoms with Crippen LogP contribution in [0, 0.1) is 4.77 Å². The summed E-state index contributed by atoms with van der Waals surface area (Å²) in [5.41, 5.74) is 2.29. The van der Waals surface area contributed by atoms with E-state index in [2.05, 4.69) is 63.4 Å². The number of rotatable bonds is 6. The Kier molecular flexibility index (Phi) is 5.41. The average molecular weight is 356 g/mol. The van der Waals surface area contributed by atoms with Crippen molar-refractivity contribution in [1.82, 2.24) is 14.5 Å². The zero-order valence-electron chi connectivity index (χ0n) is 12.3. The number of unbranched alkanes of at least 4 members (excludes halogenated alkanes) is 1. The monoisotopic (exact) mass is 355 g/mol. The highest BCUT2D eigenvalue weighted by Gasteiger charge is 2.06. The van der Waals surface area contributed by atoms with E-state index >= 15 is 0 Å². The maximum atomic E-state index is 5.42. The van der Waals surface area contributed by atoms with Crippen LogP contribution in [0.25, 0.3) is 11.0 Å². The van der Waals surface area contributed by atoms with Gasteiger partial charge in [-0.3, -0.25) is 0 Å². The maximum absolute atomic E-state index is 5.42. The Morgan fingerprint density at radius 3 is 2.80 bits per heavy atom. The van der Waals surface area contributed by atoms with Gasteiger partial charge in [-0.25, -0.2) is 0 Å². The second kappa shape index (κ2) is 6.87. The van der Waals surface area contributed by atoms with E-state index < -0.39 is 0 Å². The van der Waals surface area contributed by atoms with Crippen molar-refractivity contribution in [1.29, 1.82) is 0 Å². The van der Waals surface area contributed by atoms with E-state index in [0.717, 1.165) is 34.3 Å². The van der Waals surface area contributed by atoms with Crippen LogP contribution >= 0.6 is 28.1 Å². The third kappa shape index (κ3) is 3.71. The molecule has 110 valence electrons. The number of H-pyrrole nitrogens is 1. The topological polar surface area (TPSA) is 24.0 Å². The summed E-state index contributed by atoms with van der Waals surface area (Å²) in [5, 5.41) is 0. The lowest BCUT2D eigenvalue weighted by molar-refractivity contribution is 0.266. The molecule has 0 aliphatic heterocycles. The zero-order chi connectivity index (χ0) is 14.7. The van der Waals surface area contributed by atoms with E-state index in [-0.39, 0.29) is 0 Å². The van der Waals surface area contributed by atoms with Gasteiger partial charge in [-0.2, -0.15) is 0 Å². The van der Waals surface area contributed by atoms with Crippen LogP contribution in [0.4, 0.5) is 0 Å². The SMILES string of the molecule is CC(C)N(C)CCCCn1c(=S)[nH]c2ccc(Br)cc21. The number of nitrogens with one attached hydrogen (secondary N) is 1.